The van der Waals surface area contributed by atoms with Crippen LogP contribution in [-0.4, -0.2) is 25.5 Å². The molecule has 0 aliphatic carbocycles. The topological polar surface area (TPSA) is 57.0 Å². The van der Waals surface area contributed by atoms with Crippen molar-refractivity contribution in [2.45, 2.75) is 38.5 Å². The molecule has 0 saturated carbocycles. The Hall–Kier alpha value is -0.120. The second-order valence-electron chi connectivity index (χ2n) is 7.25. The zero-order valence-electron chi connectivity index (χ0n) is 15.7. The summed E-state index contributed by atoms with van der Waals surface area (Å²) in [6.45, 7) is 7.48. The van der Waals surface area contributed by atoms with E-state index >= 15 is 0 Å². The number of benzene rings is 2. The van der Waals surface area contributed by atoms with Gasteiger partial charge in [0.25, 0.3) is 0 Å². The molecule has 4 nitrogen and oxygen atoms in total. The molecule has 8 heteroatoms. The highest BCUT2D eigenvalue weighted by Gasteiger charge is 2.28. The van der Waals surface area contributed by atoms with E-state index in [1.165, 1.54) is 0 Å². The largest absolute Gasteiger partial charge is 0.488 e. The molecular weight excluding hydrogens is 622 g/mol. The molecule has 2 unspecified atom stereocenters. The van der Waals surface area contributed by atoms with Crippen LogP contribution < -0.4 is 15.2 Å². The van der Waals surface area contributed by atoms with E-state index in [1.54, 1.807) is 6.92 Å². The Balaban J connectivity index is 1.93. The number of rotatable bonds is 7. The van der Waals surface area contributed by atoms with Crippen LogP contribution in [0.15, 0.2) is 42.2 Å². The molecule has 3 rings (SSSR count). The van der Waals surface area contributed by atoms with E-state index in [-0.39, 0.29) is 11.5 Å². The number of epoxide rings is 1. The van der Waals surface area contributed by atoms with E-state index in [1.807, 2.05) is 0 Å². The first-order valence-electron chi connectivity index (χ1n) is 8.75. The summed E-state index contributed by atoms with van der Waals surface area (Å²) < 4.78 is 20.3. The average Bonchev–Trinajstić information content (AvgIpc) is 3.41. The minimum atomic E-state index is -0.396. The predicted molar refractivity (Wildman–Crippen MR) is 125 cm³/mol. The van der Waals surface area contributed by atoms with Gasteiger partial charge >= 0.3 is 0 Å². The highest BCUT2D eigenvalue weighted by atomic mass is 79.9. The number of hydrogen-bond donors (Lipinski definition) is 1. The van der Waals surface area contributed by atoms with Crippen LogP contribution >= 0.6 is 63.7 Å². The average molecular weight is 643 g/mol. The summed E-state index contributed by atoms with van der Waals surface area (Å²) in [5, 5.41) is 0. The molecule has 28 heavy (non-hydrogen) atoms. The summed E-state index contributed by atoms with van der Waals surface area (Å²) in [6.07, 6.45) is -0.187. The lowest BCUT2D eigenvalue weighted by molar-refractivity contribution is 0.227. The molecule has 0 radical (unpaired) electrons. The van der Waals surface area contributed by atoms with Crippen molar-refractivity contribution in [3.63, 3.8) is 0 Å². The first kappa shape index (κ1) is 22.6. The molecule has 0 bridgehead atoms. The minimum absolute atomic E-state index is 0.210. The molecule has 2 N–H and O–H groups in total. The van der Waals surface area contributed by atoms with Crippen LogP contribution in [0.5, 0.6) is 11.5 Å². The SMILES string of the molecule is CC(N)Oc1c(Br)cc(C(C)(C)c2cc(Br)c(OCC3CO3)c(Br)c2)cc1Br. The Labute approximate surface area is 199 Å². The molecule has 1 aliphatic rings. The maximum absolute atomic E-state index is 5.89. The van der Waals surface area contributed by atoms with Gasteiger partial charge in [-0.3, -0.25) is 5.73 Å². The maximum atomic E-state index is 5.89. The van der Waals surface area contributed by atoms with E-state index in [4.69, 9.17) is 19.9 Å². The monoisotopic (exact) mass is 639 g/mol. The zero-order valence-corrected chi connectivity index (χ0v) is 22.0. The van der Waals surface area contributed by atoms with Gasteiger partial charge in [0.05, 0.1) is 24.5 Å². The summed E-state index contributed by atoms with van der Waals surface area (Å²) in [4.78, 5) is 0. The maximum Gasteiger partial charge on any atom is 0.150 e. The predicted octanol–water partition coefficient (Wildman–Crippen LogP) is 6.52. The summed E-state index contributed by atoms with van der Waals surface area (Å²) >= 11 is 14.5. The van der Waals surface area contributed by atoms with Gasteiger partial charge in [-0.05, 0) is 106 Å². The van der Waals surface area contributed by atoms with E-state index in [0.29, 0.717) is 12.4 Å². The van der Waals surface area contributed by atoms with Crippen molar-refractivity contribution < 1.29 is 14.2 Å². The third-order valence-corrected chi connectivity index (χ3v) is 6.92. The smallest absolute Gasteiger partial charge is 0.150 e. The van der Waals surface area contributed by atoms with Crippen molar-refractivity contribution in [2.75, 3.05) is 13.2 Å². The fourth-order valence-corrected chi connectivity index (χ4v) is 5.57. The number of halogens is 4. The summed E-state index contributed by atoms with van der Waals surface area (Å²) in [5.41, 5.74) is 7.78. The first-order chi connectivity index (χ1) is 13.1. The Morgan fingerprint density at radius 1 is 1.00 bits per heavy atom. The van der Waals surface area contributed by atoms with E-state index in [9.17, 15) is 0 Å². The molecule has 1 saturated heterocycles. The summed E-state index contributed by atoms with van der Waals surface area (Å²) in [5.74, 6) is 1.49. The van der Waals surface area contributed by atoms with Gasteiger partial charge < -0.3 is 14.2 Å². The van der Waals surface area contributed by atoms with Gasteiger partial charge in [-0.25, -0.2) is 0 Å². The lowest BCUT2D eigenvalue weighted by Gasteiger charge is -2.28. The van der Waals surface area contributed by atoms with Crippen molar-refractivity contribution in [3.8, 4) is 11.5 Å². The Bertz CT molecular complexity index is 836. The van der Waals surface area contributed by atoms with Crippen LogP contribution in [0.4, 0.5) is 0 Å². The van der Waals surface area contributed by atoms with Gasteiger partial charge in [0.2, 0.25) is 0 Å². The molecule has 2 aromatic carbocycles. The summed E-state index contributed by atoms with van der Waals surface area (Å²) in [7, 11) is 0. The molecule has 0 aromatic heterocycles. The van der Waals surface area contributed by atoms with Crippen molar-refractivity contribution >= 4 is 63.7 Å². The van der Waals surface area contributed by atoms with Crippen molar-refractivity contribution in [3.05, 3.63) is 53.3 Å². The van der Waals surface area contributed by atoms with Gasteiger partial charge in [-0.2, -0.15) is 0 Å². The van der Waals surface area contributed by atoms with Gasteiger partial charge in [-0.1, -0.05) is 13.8 Å². The van der Waals surface area contributed by atoms with E-state index in [0.717, 1.165) is 41.4 Å². The number of ether oxygens (including phenoxy) is 3. The number of nitrogens with two attached hydrogens (primary N) is 1. The van der Waals surface area contributed by atoms with Crippen molar-refractivity contribution in [1.82, 2.24) is 0 Å². The molecule has 1 fully saturated rings. The third kappa shape index (κ3) is 5.13. The van der Waals surface area contributed by atoms with Gasteiger partial charge in [-0.15, -0.1) is 0 Å². The van der Waals surface area contributed by atoms with Crippen LogP contribution in [0, 0.1) is 0 Å². The second-order valence-corrected chi connectivity index (χ2v) is 10.7. The zero-order chi connectivity index (χ0) is 20.6. The number of hydrogen-bond acceptors (Lipinski definition) is 4. The normalized spacial score (nSPS) is 17.4. The van der Waals surface area contributed by atoms with Crippen LogP contribution in [-0.2, 0) is 10.2 Å². The lowest BCUT2D eigenvalue weighted by Crippen LogP contribution is -2.23. The molecule has 2 aromatic rings. The summed E-state index contributed by atoms with van der Waals surface area (Å²) in [6, 6.07) is 8.34. The molecule has 152 valence electrons. The van der Waals surface area contributed by atoms with Gasteiger partial charge in [0.1, 0.15) is 30.4 Å². The van der Waals surface area contributed by atoms with E-state index in [2.05, 4.69) is 102 Å². The first-order valence-corrected chi connectivity index (χ1v) is 11.9. The van der Waals surface area contributed by atoms with Crippen LogP contribution in [0.1, 0.15) is 31.9 Å². The van der Waals surface area contributed by atoms with Crippen LogP contribution in [0.2, 0.25) is 0 Å². The molecular formula is C20H21Br4NO3. The van der Waals surface area contributed by atoms with Crippen LogP contribution in [0.3, 0.4) is 0 Å². The Kier molecular flexibility index (Phi) is 7.20. The third-order valence-electron chi connectivity index (χ3n) is 4.56. The van der Waals surface area contributed by atoms with Crippen molar-refractivity contribution in [2.24, 2.45) is 5.73 Å². The fraction of sp³-hybridized carbons (Fsp3) is 0.400. The van der Waals surface area contributed by atoms with Crippen LogP contribution in [0.25, 0.3) is 0 Å². The highest BCUT2D eigenvalue weighted by molar-refractivity contribution is 9.11. The molecule has 2 atom stereocenters. The highest BCUT2D eigenvalue weighted by Crippen LogP contribution is 2.44. The Morgan fingerprint density at radius 2 is 1.43 bits per heavy atom. The Morgan fingerprint density at radius 3 is 1.82 bits per heavy atom. The molecule has 1 aliphatic heterocycles. The van der Waals surface area contributed by atoms with Gasteiger partial charge in [0, 0.05) is 5.41 Å². The van der Waals surface area contributed by atoms with Gasteiger partial charge in [0.15, 0.2) is 0 Å². The minimum Gasteiger partial charge on any atom is -0.488 e. The standard InChI is InChI=1S/C20H21Br4NO3/c1-10(25)28-19-16(23)6-12(7-17(19)24)20(2,3)11-4-14(21)18(15(22)5-11)27-9-13-8-26-13/h4-7,10,13H,8-9,25H2,1-3H3. The van der Waals surface area contributed by atoms with E-state index < -0.39 is 6.23 Å². The molecule has 0 amide bonds. The lowest BCUT2D eigenvalue weighted by atomic mass is 9.78. The molecule has 1 heterocycles. The molecule has 0 spiro atoms. The van der Waals surface area contributed by atoms with Crippen molar-refractivity contribution in [1.29, 1.82) is 0 Å². The quantitative estimate of drug-likeness (QED) is 0.276. The fourth-order valence-electron chi connectivity index (χ4n) is 2.79. The second kappa shape index (κ2) is 8.94.